The first-order chi connectivity index (χ1) is 8.45. The molecule has 122 valence electrons. The SMILES string of the molecule is C.CC.CC.CC1CCCC1.CCCCC(C)(C)C. The summed E-state index contributed by atoms with van der Waals surface area (Å²) < 4.78 is 0. The molecule has 0 aromatic heterocycles. The lowest BCUT2D eigenvalue weighted by molar-refractivity contribution is 0.363. The highest BCUT2D eigenvalue weighted by Crippen LogP contribution is 2.23. The third-order valence-corrected chi connectivity index (χ3v) is 2.92. The van der Waals surface area contributed by atoms with Crippen LogP contribution in [0.4, 0.5) is 0 Å². The highest BCUT2D eigenvalue weighted by Gasteiger charge is 2.07. The molecule has 0 atom stereocenters. The van der Waals surface area contributed by atoms with Gasteiger partial charge in [-0.15, -0.1) is 0 Å². The Kier molecular flexibility index (Phi) is 29.3. The van der Waals surface area contributed by atoms with Crippen molar-refractivity contribution >= 4 is 0 Å². The van der Waals surface area contributed by atoms with Crippen LogP contribution in [0.2, 0.25) is 0 Å². The van der Waals surface area contributed by atoms with Gasteiger partial charge in [0, 0.05) is 0 Å². The fourth-order valence-electron chi connectivity index (χ4n) is 1.84. The van der Waals surface area contributed by atoms with E-state index in [9.17, 15) is 0 Å². The predicted molar refractivity (Wildman–Crippen MR) is 96.0 cm³/mol. The van der Waals surface area contributed by atoms with E-state index >= 15 is 0 Å². The van der Waals surface area contributed by atoms with E-state index in [2.05, 4.69) is 34.6 Å². The molecule has 0 amide bonds. The minimum Gasteiger partial charge on any atom is -0.0776 e. The van der Waals surface area contributed by atoms with E-state index in [1.165, 1.54) is 44.9 Å². The van der Waals surface area contributed by atoms with Crippen molar-refractivity contribution in [2.45, 2.75) is 115 Å². The molecule has 1 rings (SSSR count). The topological polar surface area (TPSA) is 0 Å². The van der Waals surface area contributed by atoms with Crippen LogP contribution in [-0.2, 0) is 0 Å². The maximum atomic E-state index is 2.34. The van der Waals surface area contributed by atoms with Crippen LogP contribution in [0.1, 0.15) is 115 Å². The number of hydrogen-bond acceptors (Lipinski definition) is 0. The van der Waals surface area contributed by atoms with Gasteiger partial charge in [0.1, 0.15) is 0 Å². The molecule has 0 heteroatoms. The van der Waals surface area contributed by atoms with Crippen molar-refractivity contribution in [2.75, 3.05) is 0 Å². The highest BCUT2D eigenvalue weighted by molar-refractivity contribution is 4.60. The lowest BCUT2D eigenvalue weighted by Gasteiger charge is -2.16. The largest absolute Gasteiger partial charge is 0.0776 e. The fraction of sp³-hybridized carbons (Fsp3) is 1.00. The summed E-state index contributed by atoms with van der Waals surface area (Å²) in [7, 11) is 0. The summed E-state index contributed by atoms with van der Waals surface area (Å²) in [6.07, 6.45) is 10.0. The zero-order valence-corrected chi connectivity index (χ0v) is 15.0. The van der Waals surface area contributed by atoms with Gasteiger partial charge in [0.05, 0.1) is 0 Å². The lowest BCUT2D eigenvalue weighted by atomic mass is 9.90. The molecule has 1 saturated carbocycles. The van der Waals surface area contributed by atoms with Gasteiger partial charge in [-0.05, 0) is 17.8 Å². The second-order valence-corrected chi connectivity index (χ2v) is 6.05. The van der Waals surface area contributed by atoms with Gasteiger partial charge >= 0.3 is 0 Å². The molecular weight excluding hydrogens is 228 g/mol. The van der Waals surface area contributed by atoms with Gasteiger partial charge in [0.15, 0.2) is 0 Å². The molecule has 19 heavy (non-hydrogen) atoms. The van der Waals surface area contributed by atoms with Crippen molar-refractivity contribution < 1.29 is 0 Å². The summed E-state index contributed by atoms with van der Waals surface area (Å²) >= 11 is 0. The van der Waals surface area contributed by atoms with Crippen LogP contribution in [0.5, 0.6) is 0 Å². The smallest absolute Gasteiger partial charge is 0.0383 e. The van der Waals surface area contributed by atoms with Crippen molar-refractivity contribution in [3.05, 3.63) is 0 Å². The Balaban J connectivity index is -0.0000000912. The molecule has 0 saturated heterocycles. The van der Waals surface area contributed by atoms with Crippen LogP contribution in [0.25, 0.3) is 0 Å². The zero-order chi connectivity index (χ0) is 15.0. The van der Waals surface area contributed by atoms with Gasteiger partial charge in [0.2, 0.25) is 0 Å². The molecule has 0 aromatic carbocycles. The fourth-order valence-corrected chi connectivity index (χ4v) is 1.84. The van der Waals surface area contributed by atoms with E-state index in [4.69, 9.17) is 0 Å². The van der Waals surface area contributed by atoms with E-state index in [0.29, 0.717) is 5.41 Å². The molecule has 1 aliphatic rings. The van der Waals surface area contributed by atoms with Crippen molar-refractivity contribution in [1.82, 2.24) is 0 Å². The first-order valence-electron chi connectivity index (χ1n) is 8.45. The van der Waals surface area contributed by atoms with E-state index in [1.54, 1.807) is 0 Å². The first-order valence-corrected chi connectivity index (χ1v) is 8.45. The summed E-state index contributed by atoms with van der Waals surface area (Å²) in [5.41, 5.74) is 0.552. The Bertz CT molecular complexity index is 112. The van der Waals surface area contributed by atoms with Crippen LogP contribution in [0, 0.1) is 11.3 Å². The molecule has 0 N–H and O–H groups in total. The minimum atomic E-state index is 0. The maximum absolute atomic E-state index is 2.34. The second-order valence-electron chi connectivity index (χ2n) is 6.05. The standard InChI is InChI=1S/C8H18.C6H12.2C2H6.CH4/c1-5-6-7-8(2,3)4;1-6-4-2-3-5-6;2*1-2;/h5-7H2,1-4H3;6H,2-5H2,1H3;2*1-2H3;1H4. The number of rotatable bonds is 2. The van der Waals surface area contributed by atoms with Crippen LogP contribution >= 0.6 is 0 Å². The van der Waals surface area contributed by atoms with Crippen LogP contribution < -0.4 is 0 Å². The molecule has 1 aliphatic carbocycles. The van der Waals surface area contributed by atoms with E-state index in [0.717, 1.165) is 5.92 Å². The molecule has 0 spiro atoms. The van der Waals surface area contributed by atoms with Gasteiger partial charge < -0.3 is 0 Å². The molecule has 0 nitrogen and oxygen atoms in total. The van der Waals surface area contributed by atoms with Crippen molar-refractivity contribution in [3.63, 3.8) is 0 Å². The Labute approximate surface area is 126 Å². The summed E-state index contributed by atoms with van der Waals surface area (Å²) in [6, 6.07) is 0. The molecule has 0 radical (unpaired) electrons. The van der Waals surface area contributed by atoms with Crippen molar-refractivity contribution in [2.24, 2.45) is 11.3 Å². The van der Waals surface area contributed by atoms with Crippen molar-refractivity contribution in [3.8, 4) is 0 Å². The Hall–Kier alpha value is 0. The molecule has 0 bridgehead atoms. The first kappa shape index (κ1) is 27.4. The molecule has 0 aromatic rings. The monoisotopic (exact) mass is 274 g/mol. The molecule has 0 aliphatic heterocycles. The highest BCUT2D eigenvalue weighted by atomic mass is 14.1. The van der Waals surface area contributed by atoms with Gasteiger partial charge in [-0.3, -0.25) is 0 Å². The second kappa shape index (κ2) is 20.3. The van der Waals surface area contributed by atoms with Gasteiger partial charge in [-0.1, -0.05) is 108 Å². The van der Waals surface area contributed by atoms with Gasteiger partial charge in [-0.25, -0.2) is 0 Å². The number of unbranched alkanes of at least 4 members (excludes halogenated alkanes) is 1. The Morgan fingerprint density at radius 1 is 0.895 bits per heavy atom. The van der Waals surface area contributed by atoms with Gasteiger partial charge in [0.25, 0.3) is 0 Å². The van der Waals surface area contributed by atoms with Crippen LogP contribution in [-0.4, -0.2) is 0 Å². The van der Waals surface area contributed by atoms with E-state index in [1.807, 2.05) is 27.7 Å². The summed E-state index contributed by atoms with van der Waals surface area (Å²) in [6.45, 7) is 19.5. The van der Waals surface area contributed by atoms with E-state index < -0.39 is 0 Å². The molecule has 0 unspecified atom stereocenters. The Morgan fingerprint density at radius 3 is 1.37 bits per heavy atom. The van der Waals surface area contributed by atoms with Crippen LogP contribution in [0.15, 0.2) is 0 Å². The zero-order valence-electron chi connectivity index (χ0n) is 15.0. The molecule has 0 heterocycles. The Morgan fingerprint density at radius 2 is 1.26 bits per heavy atom. The summed E-state index contributed by atoms with van der Waals surface area (Å²) in [5.74, 6) is 1.05. The van der Waals surface area contributed by atoms with Crippen LogP contribution in [0.3, 0.4) is 0 Å². The minimum absolute atomic E-state index is 0. The quantitative estimate of drug-likeness (QED) is 0.477. The lowest BCUT2D eigenvalue weighted by Crippen LogP contribution is -2.03. The van der Waals surface area contributed by atoms with Crippen molar-refractivity contribution in [1.29, 1.82) is 0 Å². The average Bonchev–Trinajstić information content (AvgIpc) is 2.83. The summed E-state index contributed by atoms with van der Waals surface area (Å²) in [5, 5.41) is 0. The molecular formula is C19H46. The average molecular weight is 275 g/mol. The molecule has 1 fully saturated rings. The summed E-state index contributed by atoms with van der Waals surface area (Å²) in [4.78, 5) is 0. The maximum Gasteiger partial charge on any atom is -0.0383 e. The normalized spacial score (nSPS) is 13.7. The van der Waals surface area contributed by atoms with Gasteiger partial charge in [-0.2, -0.15) is 0 Å². The number of hydrogen-bond donors (Lipinski definition) is 0. The van der Waals surface area contributed by atoms with E-state index in [-0.39, 0.29) is 7.43 Å². The third-order valence-electron chi connectivity index (χ3n) is 2.92. The predicted octanol–water partition coefficient (Wildman–Crippen LogP) is 8.11. The third kappa shape index (κ3) is 32.0.